The molecule has 16 heavy (non-hydrogen) atoms. The van der Waals surface area contributed by atoms with Gasteiger partial charge in [0.15, 0.2) is 0 Å². The number of carbonyl (C=O) groups excluding carboxylic acids is 1. The molecular formula is C12H20N2OS. The van der Waals surface area contributed by atoms with Crippen LogP contribution in [0.1, 0.15) is 39.0 Å². The number of nitrogens with one attached hydrogen (secondary N) is 1. The first-order valence-electron chi connectivity index (χ1n) is 6.02. The third-order valence-electron chi connectivity index (χ3n) is 3.18. The number of carbonyl (C=O) groups is 1. The molecule has 1 rings (SSSR count). The smallest absolute Gasteiger partial charge is 0.230 e. The summed E-state index contributed by atoms with van der Waals surface area (Å²) in [5, 5.41) is 11.5. The van der Waals surface area contributed by atoms with Crippen LogP contribution in [0, 0.1) is 17.2 Å². The summed E-state index contributed by atoms with van der Waals surface area (Å²) in [4.78, 5) is 11.6. The molecule has 1 N–H and O–H groups in total. The van der Waals surface area contributed by atoms with Crippen molar-refractivity contribution in [2.45, 2.75) is 45.1 Å². The lowest BCUT2D eigenvalue weighted by Crippen LogP contribution is -2.42. The molecule has 2 atom stereocenters. The number of nitriles is 1. The summed E-state index contributed by atoms with van der Waals surface area (Å²) in [7, 11) is 0. The van der Waals surface area contributed by atoms with E-state index in [4.69, 9.17) is 5.26 Å². The third-order valence-corrected chi connectivity index (χ3v) is 3.98. The zero-order valence-corrected chi connectivity index (χ0v) is 10.7. The average molecular weight is 240 g/mol. The molecule has 1 fully saturated rings. The van der Waals surface area contributed by atoms with Crippen LogP contribution in [0.3, 0.4) is 0 Å². The Morgan fingerprint density at radius 1 is 1.50 bits per heavy atom. The summed E-state index contributed by atoms with van der Waals surface area (Å²) in [6, 6.07) is 2.40. The van der Waals surface area contributed by atoms with E-state index < -0.39 is 0 Å². The summed E-state index contributed by atoms with van der Waals surface area (Å²) in [5.41, 5.74) is 0. The van der Waals surface area contributed by atoms with E-state index in [1.807, 2.05) is 6.07 Å². The highest BCUT2D eigenvalue weighted by Crippen LogP contribution is 2.26. The van der Waals surface area contributed by atoms with Gasteiger partial charge in [-0.25, -0.2) is 0 Å². The quantitative estimate of drug-likeness (QED) is 0.750. The molecule has 1 amide bonds. The molecule has 0 aromatic heterocycles. The lowest BCUT2D eigenvalue weighted by molar-refractivity contribution is -0.119. The number of thioether (sulfide) groups is 1. The second kappa shape index (κ2) is 7.56. The number of amides is 1. The fraction of sp³-hybridized carbons (Fsp3) is 0.833. The number of nitrogens with zero attached hydrogens (tertiary/aromatic N) is 1. The van der Waals surface area contributed by atoms with Gasteiger partial charge in [-0.2, -0.15) is 5.26 Å². The Morgan fingerprint density at radius 2 is 2.25 bits per heavy atom. The molecular weight excluding hydrogens is 220 g/mol. The molecule has 0 spiro atoms. The molecule has 3 nitrogen and oxygen atoms in total. The Hall–Kier alpha value is -0.690. The highest BCUT2D eigenvalue weighted by molar-refractivity contribution is 8.00. The molecule has 0 saturated heterocycles. The second-order valence-corrected chi connectivity index (χ2v) is 5.26. The van der Waals surface area contributed by atoms with E-state index in [0.29, 0.717) is 23.5 Å². The van der Waals surface area contributed by atoms with Crippen molar-refractivity contribution in [3.05, 3.63) is 0 Å². The molecule has 0 aliphatic heterocycles. The first kappa shape index (κ1) is 13.4. The van der Waals surface area contributed by atoms with Gasteiger partial charge in [-0.3, -0.25) is 4.79 Å². The van der Waals surface area contributed by atoms with Crippen molar-refractivity contribution >= 4 is 17.7 Å². The number of rotatable bonds is 5. The van der Waals surface area contributed by atoms with Gasteiger partial charge in [-0.15, -0.1) is 11.8 Å². The number of hydrogen-bond acceptors (Lipinski definition) is 3. The van der Waals surface area contributed by atoms with Crippen LogP contribution in [0.15, 0.2) is 0 Å². The van der Waals surface area contributed by atoms with Crippen LogP contribution in [0.4, 0.5) is 0 Å². The van der Waals surface area contributed by atoms with Crippen LogP contribution in [-0.4, -0.2) is 23.5 Å². The van der Waals surface area contributed by atoms with Crippen molar-refractivity contribution in [1.82, 2.24) is 5.32 Å². The van der Waals surface area contributed by atoms with E-state index in [1.54, 1.807) is 0 Å². The first-order valence-corrected chi connectivity index (χ1v) is 7.17. The molecule has 0 unspecified atom stereocenters. The minimum atomic E-state index is 0.0885. The van der Waals surface area contributed by atoms with Gasteiger partial charge < -0.3 is 5.32 Å². The molecule has 1 aliphatic carbocycles. The van der Waals surface area contributed by atoms with Gasteiger partial charge in [-0.1, -0.05) is 26.2 Å². The molecule has 1 aliphatic rings. The lowest BCUT2D eigenvalue weighted by Gasteiger charge is -2.31. The zero-order valence-electron chi connectivity index (χ0n) is 9.87. The van der Waals surface area contributed by atoms with Gasteiger partial charge in [-0.05, 0) is 18.8 Å². The van der Waals surface area contributed by atoms with Crippen molar-refractivity contribution in [3.8, 4) is 6.07 Å². The fourth-order valence-corrected chi connectivity index (χ4v) is 2.79. The van der Waals surface area contributed by atoms with Crippen LogP contribution < -0.4 is 5.32 Å². The van der Waals surface area contributed by atoms with Gasteiger partial charge >= 0.3 is 0 Å². The van der Waals surface area contributed by atoms with E-state index in [9.17, 15) is 4.79 Å². The third kappa shape index (κ3) is 4.44. The van der Waals surface area contributed by atoms with Gasteiger partial charge in [0.2, 0.25) is 5.91 Å². The molecule has 0 radical (unpaired) electrons. The summed E-state index contributed by atoms with van der Waals surface area (Å²) < 4.78 is 0. The van der Waals surface area contributed by atoms with Crippen molar-refractivity contribution in [2.24, 2.45) is 5.92 Å². The normalized spacial score (nSPS) is 24.8. The maximum absolute atomic E-state index is 11.6. The second-order valence-electron chi connectivity index (χ2n) is 4.28. The van der Waals surface area contributed by atoms with E-state index in [1.165, 1.54) is 31.0 Å². The van der Waals surface area contributed by atoms with Crippen LogP contribution >= 0.6 is 11.8 Å². The van der Waals surface area contributed by atoms with Crippen LogP contribution in [0.2, 0.25) is 0 Å². The van der Waals surface area contributed by atoms with Gasteiger partial charge in [0.1, 0.15) is 0 Å². The van der Waals surface area contributed by atoms with Crippen molar-refractivity contribution in [1.29, 1.82) is 5.26 Å². The molecule has 90 valence electrons. The van der Waals surface area contributed by atoms with Gasteiger partial charge in [0, 0.05) is 6.04 Å². The zero-order chi connectivity index (χ0) is 11.8. The summed E-state index contributed by atoms with van der Waals surface area (Å²) in [6.45, 7) is 2.19. The Bertz CT molecular complexity index is 262. The fourth-order valence-electron chi connectivity index (χ4n) is 2.32. The molecule has 0 bridgehead atoms. The lowest BCUT2D eigenvalue weighted by atomic mass is 9.83. The number of hydrogen-bond donors (Lipinski definition) is 1. The molecule has 4 heteroatoms. The first-order chi connectivity index (χ1) is 7.77. The van der Waals surface area contributed by atoms with Crippen LogP contribution in [0.25, 0.3) is 0 Å². The van der Waals surface area contributed by atoms with E-state index in [-0.39, 0.29) is 5.91 Å². The summed E-state index contributed by atoms with van der Waals surface area (Å²) in [5.74, 6) is 1.56. The molecule has 0 heterocycles. The SMILES string of the molecule is CC[C@@H]1CCCC[C@H]1NC(=O)CSCC#N. The maximum atomic E-state index is 11.6. The van der Waals surface area contributed by atoms with Crippen molar-refractivity contribution in [2.75, 3.05) is 11.5 Å². The maximum Gasteiger partial charge on any atom is 0.230 e. The van der Waals surface area contributed by atoms with Crippen LogP contribution in [-0.2, 0) is 4.79 Å². The largest absolute Gasteiger partial charge is 0.352 e. The Balaban J connectivity index is 2.28. The van der Waals surface area contributed by atoms with Crippen molar-refractivity contribution < 1.29 is 4.79 Å². The predicted octanol–water partition coefficient (Wildman–Crippen LogP) is 2.33. The Labute approximate surface area is 102 Å². The molecule has 1 saturated carbocycles. The molecule has 0 aromatic carbocycles. The standard InChI is InChI=1S/C12H20N2OS/c1-2-10-5-3-4-6-11(10)14-12(15)9-16-8-7-13/h10-11H,2-6,8-9H2,1H3,(H,14,15)/t10-,11-/m1/s1. The summed E-state index contributed by atoms with van der Waals surface area (Å²) in [6.07, 6.45) is 6.04. The van der Waals surface area contributed by atoms with E-state index >= 15 is 0 Å². The highest BCUT2D eigenvalue weighted by Gasteiger charge is 2.24. The topological polar surface area (TPSA) is 52.9 Å². The van der Waals surface area contributed by atoms with E-state index in [2.05, 4.69) is 12.2 Å². The Kier molecular flexibility index (Phi) is 6.32. The monoisotopic (exact) mass is 240 g/mol. The van der Waals surface area contributed by atoms with Gasteiger partial charge in [0.05, 0.1) is 17.6 Å². The van der Waals surface area contributed by atoms with Crippen molar-refractivity contribution in [3.63, 3.8) is 0 Å². The Morgan fingerprint density at radius 3 is 2.94 bits per heavy atom. The average Bonchev–Trinajstić information content (AvgIpc) is 2.30. The van der Waals surface area contributed by atoms with E-state index in [0.717, 1.165) is 12.8 Å². The summed E-state index contributed by atoms with van der Waals surface area (Å²) >= 11 is 1.39. The minimum Gasteiger partial charge on any atom is -0.352 e. The van der Waals surface area contributed by atoms with Gasteiger partial charge in [0.25, 0.3) is 0 Å². The highest BCUT2D eigenvalue weighted by atomic mass is 32.2. The molecule has 0 aromatic rings. The minimum absolute atomic E-state index is 0.0885. The predicted molar refractivity (Wildman–Crippen MR) is 67.1 cm³/mol. The van der Waals surface area contributed by atoms with Crippen LogP contribution in [0.5, 0.6) is 0 Å².